The first kappa shape index (κ1) is 14.8. The average Bonchev–Trinajstić information content (AvgIpc) is 2.76. The van der Waals surface area contributed by atoms with Crippen LogP contribution in [-0.4, -0.2) is 48.2 Å². The minimum Gasteiger partial charge on any atom is -0.392 e. The summed E-state index contributed by atoms with van der Waals surface area (Å²) in [6, 6.07) is -0.0549. The van der Waals surface area contributed by atoms with Gasteiger partial charge in [0.15, 0.2) is 0 Å². The van der Waals surface area contributed by atoms with Gasteiger partial charge in [0.2, 0.25) is 5.91 Å². The van der Waals surface area contributed by atoms with E-state index in [0.29, 0.717) is 12.5 Å². The highest BCUT2D eigenvalue weighted by Crippen LogP contribution is 2.28. The van der Waals surface area contributed by atoms with Crippen molar-refractivity contribution in [3.05, 3.63) is 0 Å². The monoisotopic (exact) mass is 268 g/mol. The van der Waals surface area contributed by atoms with Crippen molar-refractivity contribution < 1.29 is 9.90 Å². The van der Waals surface area contributed by atoms with E-state index in [9.17, 15) is 9.90 Å². The van der Waals surface area contributed by atoms with Crippen LogP contribution in [0.2, 0.25) is 0 Å². The Morgan fingerprint density at radius 1 is 1.26 bits per heavy atom. The third-order valence-corrected chi connectivity index (χ3v) is 4.62. The van der Waals surface area contributed by atoms with E-state index < -0.39 is 0 Å². The van der Waals surface area contributed by atoms with Gasteiger partial charge in [0.1, 0.15) is 0 Å². The summed E-state index contributed by atoms with van der Waals surface area (Å²) in [5.41, 5.74) is 0. The Balaban J connectivity index is 1.77. The highest BCUT2D eigenvalue weighted by atomic mass is 16.3. The molecule has 1 heterocycles. The zero-order valence-electron chi connectivity index (χ0n) is 12.1. The summed E-state index contributed by atoms with van der Waals surface area (Å²) in [6.45, 7) is 1.42. The number of nitrogens with zero attached hydrogens (tertiary/aromatic N) is 1. The number of nitrogens with one attached hydrogen (secondary N) is 1. The molecule has 2 N–H and O–H groups in total. The first-order chi connectivity index (χ1) is 9.16. The number of hydrogen-bond donors (Lipinski definition) is 2. The molecule has 1 amide bonds. The van der Waals surface area contributed by atoms with E-state index in [-0.39, 0.29) is 18.1 Å². The summed E-state index contributed by atoms with van der Waals surface area (Å²) in [5.74, 6) is 0.833. The summed E-state index contributed by atoms with van der Waals surface area (Å²) < 4.78 is 0. The molecule has 1 saturated heterocycles. The molecule has 110 valence electrons. The molecule has 2 atom stereocenters. The number of aliphatic hydroxyl groups is 1. The maximum absolute atomic E-state index is 11.9. The number of carbonyl (C=O) groups excluding carboxylic acids is 1. The molecule has 0 bridgehead atoms. The van der Waals surface area contributed by atoms with Crippen LogP contribution in [0.1, 0.15) is 51.4 Å². The smallest absolute Gasteiger partial charge is 0.237 e. The van der Waals surface area contributed by atoms with E-state index in [1.807, 2.05) is 11.9 Å². The lowest BCUT2D eigenvalue weighted by Gasteiger charge is -2.28. The molecule has 1 aliphatic carbocycles. The van der Waals surface area contributed by atoms with Crippen LogP contribution in [0, 0.1) is 5.92 Å². The summed E-state index contributed by atoms with van der Waals surface area (Å²) in [7, 11) is 1.97. The van der Waals surface area contributed by atoms with Crippen molar-refractivity contribution in [1.82, 2.24) is 10.2 Å². The lowest BCUT2D eigenvalue weighted by Crippen LogP contribution is -2.46. The topological polar surface area (TPSA) is 52.6 Å². The normalized spacial score (nSPS) is 27.3. The van der Waals surface area contributed by atoms with Crippen LogP contribution in [0.3, 0.4) is 0 Å². The van der Waals surface area contributed by atoms with E-state index in [2.05, 4.69) is 5.32 Å². The van der Waals surface area contributed by atoms with Gasteiger partial charge in [-0.25, -0.2) is 0 Å². The van der Waals surface area contributed by atoms with E-state index in [1.165, 1.54) is 25.7 Å². The van der Waals surface area contributed by atoms with Crippen LogP contribution in [0.4, 0.5) is 0 Å². The summed E-state index contributed by atoms with van der Waals surface area (Å²) in [6.07, 6.45) is 8.86. The Morgan fingerprint density at radius 2 is 1.95 bits per heavy atom. The number of carbonyl (C=O) groups is 1. The molecule has 0 aromatic carbocycles. The standard InChI is InChI=1S/C15H28N2O2/c1-17(14-8-4-5-9-16-15(14)19)11-13(18)10-12-6-2-3-7-12/h12-14,18H,2-11H2,1H3,(H,16,19)/t13-,14+/m0/s1. The second-order valence-corrected chi connectivity index (χ2v) is 6.28. The Bertz CT molecular complexity index is 290. The van der Waals surface area contributed by atoms with Gasteiger partial charge in [-0.05, 0) is 38.6 Å². The maximum Gasteiger partial charge on any atom is 0.237 e. The number of hydrogen-bond acceptors (Lipinski definition) is 3. The third-order valence-electron chi connectivity index (χ3n) is 4.62. The van der Waals surface area contributed by atoms with Gasteiger partial charge in [-0.15, -0.1) is 0 Å². The van der Waals surface area contributed by atoms with Gasteiger partial charge in [-0.2, -0.15) is 0 Å². The molecule has 1 saturated carbocycles. The molecule has 0 spiro atoms. The van der Waals surface area contributed by atoms with Gasteiger partial charge in [0.05, 0.1) is 12.1 Å². The summed E-state index contributed by atoms with van der Waals surface area (Å²) >= 11 is 0. The second-order valence-electron chi connectivity index (χ2n) is 6.28. The fourth-order valence-electron chi connectivity index (χ4n) is 3.51. The van der Waals surface area contributed by atoms with Crippen LogP contribution < -0.4 is 5.32 Å². The Hall–Kier alpha value is -0.610. The Labute approximate surface area is 116 Å². The molecular weight excluding hydrogens is 240 g/mol. The van der Waals surface area contributed by atoms with Crippen LogP contribution in [-0.2, 0) is 4.79 Å². The van der Waals surface area contributed by atoms with Crippen molar-refractivity contribution in [2.24, 2.45) is 5.92 Å². The summed E-state index contributed by atoms with van der Waals surface area (Å²) in [4.78, 5) is 14.0. The molecule has 0 aromatic rings. The van der Waals surface area contributed by atoms with Crippen molar-refractivity contribution in [2.75, 3.05) is 20.1 Å². The van der Waals surface area contributed by atoms with E-state index in [1.54, 1.807) is 0 Å². The van der Waals surface area contributed by atoms with Crippen LogP contribution in [0.5, 0.6) is 0 Å². The molecule has 4 nitrogen and oxygen atoms in total. The van der Waals surface area contributed by atoms with Gasteiger partial charge in [-0.1, -0.05) is 25.7 Å². The van der Waals surface area contributed by atoms with Crippen molar-refractivity contribution in [1.29, 1.82) is 0 Å². The van der Waals surface area contributed by atoms with Crippen LogP contribution in [0.15, 0.2) is 0 Å². The van der Waals surface area contributed by atoms with Gasteiger partial charge >= 0.3 is 0 Å². The zero-order valence-corrected chi connectivity index (χ0v) is 12.1. The molecule has 1 aliphatic heterocycles. The molecule has 0 aromatic heterocycles. The van der Waals surface area contributed by atoms with Gasteiger partial charge in [-0.3, -0.25) is 9.69 Å². The van der Waals surface area contributed by atoms with Gasteiger partial charge < -0.3 is 10.4 Å². The molecule has 0 radical (unpaired) electrons. The first-order valence-electron chi connectivity index (χ1n) is 7.83. The van der Waals surface area contributed by atoms with Crippen LogP contribution >= 0.6 is 0 Å². The highest BCUT2D eigenvalue weighted by molar-refractivity contribution is 5.81. The van der Waals surface area contributed by atoms with E-state index in [4.69, 9.17) is 0 Å². The predicted molar refractivity (Wildman–Crippen MR) is 75.9 cm³/mol. The fourth-order valence-corrected chi connectivity index (χ4v) is 3.51. The summed E-state index contributed by atoms with van der Waals surface area (Å²) in [5, 5.41) is 13.2. The first-order valence-corrected chi connectivity index (χ1v) is 7.83. The molecule has 4 heteroatoms. The van der Waals surface area contributed by atoms with E-state index >= 15 is 0 Å². The van der Waals surface area contributed by atoms with Crippen molar-refractivity contribution in [2.45, 2.75) is 63.5 Å². The number of aliphatic hydroxyl groups excluding tert-OH is 1. The Morgan fingerprint density at radius 3 is 2.68 bits per heavy atom. The molecule has 2 fully saturated rings. The second kappa shape index (κ2) is 7.25. The SMILES string of the molecule is CN(C[C@@H](O)CC1CCCC1)[C@@H]1CCCCNC1=O. The molecule has 2 aliphatic rings. The molecular formula is C15H28N2O2. The number of rotatable bonds is 5. The molecule has 19 heavy (non-hydrogen) atoms. The van der Waals surface area contributed by atoms with E-state index in [0.717, 1.165) is 32.2 Å². The van der Waals surface area contributed by atoms with Crippen molar-refractivity contribution >= 4 is 5.91 Å². The molecule has 0 unspecified atom stereocenters. The number of amides is 1. The zero-order chi connectivity index (χ0) is 13.7. The average molecular weight is 268 g/mol. The lowest BCUT2D eigenvalue weighted by atomic mass is 9.99. The van der Waals surface area contributed by atoms with Gasteiger partial charge in [0, 0.05) is 13.1 Å². The minimum atomic E-state index is -0.288. The predicted octanol–water partition coefficient (Wildman–Crippen LogP) is 1.53. The van der Waals surface area contributed by atoms with Crippen LogP contribution in [0.25, 0.3) is 0 Å². The quantitative estimate of drug-likeness (QED) is 0.795. The van der Waals surface area contributed by atoms with Crippen molar-refractivity contribution in [3.8, 4) is 0 Å². The lowest BCUT2D eigenvalue weighted by molar-refractivity contribution is -0.126. The maximum atomic E-state index is 11.9. The van der Waals surface area contributed by atoms with Crippen molar-refractivity contribution in [3.63, 3.8) is 0 Å². The van der Waals surface area contributed by atoms with Gasteiger partial charge in [0.25, 0.3) is 0 Å². The number of likely N-dealkylation sites (N-methyl/N-ethyl adjacent to an activating group) is 1. The third kappa shape index (κ3) is 4.46. The minimum absolute atomic E-state index is 0.0549. The Kier molecular flexibility index (Phi) is 5.64. The molecule has 2 rings (SSSR count). The fraction of sp³-hybridized carbons (Fsp3) is 0.933. The highest BCUT2D eigenvalue weighted by Gasteiger charge is 2.27. The largest absolute Gasteiger partial charge is 0.392 e.